The predicted octanol–water partition coefficient (Wildman–Crippen LogP) is 2.26. The van der Waals surface area contributed by atoms with Gasteiger partial charge in [-0.1, -0.05) is 13.8 Å². The number of Topliss-reactive ketones (excluding diaryl/α,β-unsaturated/α-hetero) is 1. The number of ether oxygens (including phenoxy) is 1. The van der Waals surface area contributed by atoms with E-state index in [9.17, 15) is 14.9 Å². The molecule has 2 rings (SSSR count). The van der Waals surface area contributed by atoms with E-state index in [-0.39, 0.29) is 29.6 Å². The Bertz CT molecular complexity index is 452. The molecule has 1 aromatic rings. The fourth-order valence-corrected chi connectivity index (χ4v) is 1.70. The number of non-ortho nitro benzene ring substituents is 1. The van der Waals surface area contributed by atoms with Gasteiger partial charge in [-0.15, -0.1) is 0 Å². The molecule has 1 saturated heterocycles. The molecule has 5 nitrogen and oxygen atoms in total. The van der Waals surface area contributed by atoms with Crippen LogP contribution in [0, 0.1) is 16.0 Å². The number of nitro groups is 1. The molecule has 0 aliphatic carbocycles. The highest BCUT2D eigenvalue weighted by Crippen LogP contribution is 2.40. The number of nitrogens with zero attached hydrogens (tertiary/aromatic N) is 1. The molecular weight excluding hydrogens is 222 g/mol. The Morgan fingerprint density at radius 2 is 1.94 bits per heavy atom. The number of hydrogen-bond donors (Lipinski definition) is 0. The summed E-state index contributed by atoms with van der Waals surface area (Å²) in [5.41, 5.74) is 0.857. The number of epoxide rings is 1. The van der Waals surface area contributed by atoms with Crippen molar-refractivity contribution >= 4 is 11.5 Å². The van der Waals surface area contributed by atoms with Gasteiger partial charge in [-0.3, -0.25) is 14.9 Å². The van der Waals surface area contributed by atoms with E-state index < -0.39 is 4.92 Å². The quantitative estimate of drug-likeness (QED) is 0.456. The second kappa shape index (κ2) is 4.25. The van der Waals surface area contributed by atoms with E-state index in [2.05, 4.69) is 0 Å². The van der Waals surface area contributed by atoms with Crippen LogP contribution in [0.4, 0.5) is 5.69 Å². The Hall–Kier alpha value is -1.75. The molecular formula is C12H13NO4. The minimum atomic E-state index is -0.450. The summed E-state index contributed by atoms with van der Waals surface area (Å²) in [6, 6.07) is 6.12. The van der Waals surface area contributed by atoms with Gasteiger partial charge in [0.05, 0.1) is 4.92 Å². The minimum Gasteiger partial charge on any atom is -0.356 e. The summed E-state index contributed by atoms with van der Waals surface area (Å²) < 4.78 is 5.31. The number of benzene rings is 1. The van der Waals surface area contributed by atoms with Gasteiger partial charge in [-0.2, -0.15) is 0 Å². The van der Waals surface area contributed by atoms with E-state index in [0.29, 0.717) is 0 Å². The van der Waals surface area contributed by atoms with Gasteiger partial charge in [-0.05, 0) is 17.7 Å². The summed E-state index contributed by atoms with van der Waals surface area (Å²) in [5.74, 6) is 0.0244. The van der Waals surface area contributed by atoms with Gasteiger partial charge in [0.1, 0.15) is 12.2 Å². The molecule has 0 spiro atoms. The van der Waals surface area contributed by atoms with E-state index in [1.54, 1.807) is 12.1 Å². The van der Waals surface area contributed by atoms with Gasteiger partial charge in [0.2, 0.25) is 0 Å². The molecule has 17 heavy (non-hydrogen) atoms. The fraction of sp³-hybridized carbons (Fsp3) is 0.417. The van der Waals surface area contributed by atoms with E-state index >= 15 is 0 Å². The van der Waals surface area contributed by atoms with Crippen LogP contribution in [0.5, 0.6) is 0 Å². The lowest BCUT2D eigenvalue weighted by molar-refractivity contribution is -0.384. The maximum Gasteiger partial charge on any atom is 0.269 e. The molecule has 0 saturated carbocycles. The third kappa shape index (κ3) is 2.34. The Morgan fingerprint density at radius 3 is 2.41 bits per heavy atom. The number of nitro benzene ring substituents is 1. The van der Waals surface area contributed by atoms with Crippen LogP contribution < -0.4 is 0 Å². The third-order valence-corrected chi connectivity index (χ3v) is 2.77. The summed E-state index contributed by atoms with van der Waals surface area (Å²) in [6.07, 6.45) is -0.609. The molecule has 2 atom stereocenters. The number of carbonyl (C=O) groups is 1. The standard InChI is InChI=1S/C12H13NO4/c1-7(2)10(14)12-11(17-12)8-3-5-9(6-4-8)13(15)16/h3-7,11-12H,1-2H3/t11-,12-/m1/s1. The molecule has 1 aromatic carbocycles. The van der Waals surface area contributed by atoms with Crippen molar-refractivity contribution in [2.45, 2.75) is 26.1 Å². The molecule has 0 amide bonds. The van der Waals surface area contributed by atoms with Crippen LogP contribution in [0.15, 0.2) is 24.3 Å². The molecule has 0 radical (unpaired) electrons. The zero-order valence-electron chi connectivity index (χ0n) is 9.62. The SMILES string of the molecule is CC(C)C(=O)[C@H]1O[C@@H]1c1ccc([N+](=O)[O-])cc1. The third-order valence-electron chi connectivity index (χ3n) is 2.77. The summed E-state index contributed by atoms with van der Waals surface area (Å²) in [5, 5.41) is 10.5. The predicted molar refractivity (Wildman–Crippen MR) is 60.6 cm³/mol. The number of ketones is 1. The van der Waals surface area contributed by atoms with Gasteiger partial charge >= 0.3 is 0 Å². The second-order valence-electron chi connectivity index (χ2n) is 4.38. The largest absolute Gasteiger partial charge is 0.356 e. The van der Waals surface area contributed by atoms with Gasteiger partial charge in [-0.25, -0.2) is 0 Å². The first-order chi connectivity index (χ1) is 8.00. The highest BCUT2D eigenvalue weighted by molar-refractivity contribution is 5.87. The Balaban J connectivity index is 2.06. The summed E-state index contributed by atoms with van der Waals surface area (Å²) >= 11 is 0. The first-order valence-corrected chi connectivity index (χ1v) is 5.44. The van der Waals surface area contributed by atoms with Crippen molar-refractivity contribution in [2.24, 2.45) is 5.92 Å². The molecule has 1 aliphatic heterocycles. The zero-order chi connectivity index (χ0) is 12.6. The lowest BCUT2D eigenvalue weighted by Gasteiger charge is -1.99. The topological polar surface area (TPSA) is 72.7 Å². The van der Waals surface area contributed by atoms with Crippen LogP contribution in [0.1, 0.15) is 25.5 Å². The van der Waals surface area contributed by atoms with E-state index in [0.717, 1.165) is 5.56 Å². The van der Waals surface area contributed by atoms with E-state index in [1.807, 2.05) is 13.8 Å². The highest BCUT2D eigenvalue weighted by atomic mass is 16.6. The maximum atomic E-state index is 11.6. The van der Waals surface area contributed by atoms with Gasteiger partial charge in [0.25, 0.3) is 5.69 Å². The van der Waals surface area contributed by atoms with Crippen molar-refractivity contribution in [3.05, 3.63) is 39.9 Å². The van der Waals surface area contributed by atoms with Crippen LogP contribution in [-0.4, -0.2) is 16.8 Å². The van der Waals surface area contributed by atoms with Gasteiger partial charge < -0.3 is 4.74 Å². The van der Waals surface area contributed by atoms with Crippen molar-refractivity contribution in [2.75, 3.05) is 0 Å². The Labute approximate surface area is 98.5 Å². The number of rotatable bonds is 4. The van der Waals surface area contributed by atoms with Crippen molar-refractivity contribution < 1.29 is 14.5 Å². The first-order valence-electron chi connectivity index (χ1n) is 5.44. The van der Waals surface area contributed by atoms with Crippen LogP contribution in [-0.2, 0) is 9.53 Å². The molecule has 0 aromatic heterocycles. The van der Waals surface area contributed by atoms with Crippen LogP contribution in [0.25, 0.3) is 0 Å². The van der Waals surface area contributed by atoms with Crippen LogP contribution >= 0.6 is 0 Å². The zero-order valence-corrected chi connectivity index (χ0v) is 9.62. The molecule has 1 fully saturated rings. The molecule has 1 heterocycles. The highest BCUT2D eigenvalue weighted by Gasteiger charge is 2.46. The van der Waals surface area contributed by atoms with Crippen molar-refractivity contribution in [3.8, 4) is 0 Å². The molecule has 0 N–H and O–H groups in total. The number of hydrogen-bond acceptors (Lipinski definition) is 4. The summed E-state index contributed by atoms with van der Waals surface area (Å²) in [7, 11) is 0. The minimum absolute atomic E-state index is 0.0427. The second-order valence-corrected chi connectivity index (χ2v) is 4.38. The Morgan fingerprint density at radius 1 is 1.35 bits per heavy atom. The maximum absolute atomic E-state index is 11.6. The number of carbonyl (C=O) groups excluding carboxylic acids is 1. The summed E-state index contributed by atoms with van der Waals surface area (Å²) in [6.45, 7) is 3.66. The van der Waals surface area contributed by atoms with Gasteiger partial charge in [0, 0.05) is 18.1 Å². The molecule has 90 valence electrons. The average molecular weight is 235 g/mol. The normalized spacial score (nSPS) is 22.5. The van der Waals surface area contributed by atoms with Gasteiger partial charge in [0.15, 0.2) is 5.78 Å². The molecule has 0 unspecified atom stereocenters. The monoisotopic (exact) mass is 235 g/mol. The van der Waals surface area contributed by atoms with Crippen LogP contribution in [0.3, 0.4) is 0 Å². The first kappa shape index (κ1) is 11.7. The molecule has 5 heteroatoms. The van der Waals surface area contributed by atoms with Crippen molar-refractivity contribution in [3.63, 3.8) is 0 Å². The fourth-order valence-electron chi connectivity index (χ4n) is 1.70. The average Bonchev–Trinajstić information content (AvgIpc) is 3.08. The van der Waals surface area contributed by atoms with Crippen molar-refractivity contribution in [1.29, 1.82) is 0 Å². The van der Waals surface area contributed by atoms with Crippen LogP contribution in [0.2, 0.25) is 0 Å². The van der Waals surface area contributed by atoms with E-state index in [1.165, 1.54) is 12.1 Å². The molecule has 1 aliphatic rings. The smallest absolute Gasteiger partial charge is 0.269 e. The van der Waals surface area contributed by atoms with Crippen molar-refractivity contribution in [1.82, 2.24) is 0 Å². The molecule has 0 bridgehead atoms. The Kier molecular flexibility index (Phi) is 2.93. The van der Waals surface area contributed by atoms with E-state index in [4.69, 9.17) is 4.74 Å². The lowest BCUT2D eigenvalue weighted by Crippen LogP contribution is -2.14. The lowest BCUT2D eigenvalue weighted by atomic mass is 10.0. The summed E-state index contributed by atoms with van der Waals surface area (Å²) in [4.78, 5) is 21.7.